The van der Waals surface area contributed by atoms with E-state index in [0.29, 0.717) is 16.6 Å². The summed E-state index contributed by atoms with van der Waals surface area (Å²) in [5, 5.41) is 7.21. The standard InChI is InChI=1S/C8H6N2O3/c1-12-8(11)5-2-3-6-7(4-5)10-13-9-6/h2-4H,1H3. The second kappa shape index (κ2) is 2.85. The average molecular weight is 178 g/mol. The van der Waals surface area contributed by atoms with Crippen LogP contribution in [0.15, 0.2) is 22.8 Å². The third-order valence-corrected chi connectivity index (χ3v) is 1.67. The number of benzene rings is 1. The molecule has 0 fully saturated rings. The lowest BCUT2D eigenvalue weighted by atomic mass is 10.2. The lowest BCUT2D eigenvalue weighted by Gasteiger charge is -1.96. The van der Waals surface area contributed by atoms with Crippen LogP contribution in [0.3, 0.4) is 0 Å². The molecule has 0 aliphatic heterocycles. The maximum atomic E-state index is 11.1. The molecular weight excluding hydrogens is 172 g/mol. The van der Waals surface area contributed by atoms with Crippen molar-refractivity contribution in [3.63, 3.8) is 0 Å². The molecule has 1 aromatic heterocycles. The Bertz CT molecular complexity index is 449. The van der Waals surface area contributed by atoms with E-state index in [1.807, 2.05) is 0 Å². The lowest BCUT2D eigenvalue weighted by Crippen LogP contribution is -2.00. The van der Waals surface area contributed by atoms with E-state index in [2.05, 4.69) is 19.7 Å². The zero-order valence-electron chi connectivity index (χ0n) is 6.85. The minimum absolute atomic E-state index is 0.398. The Balaban J connectivity index is 2.54. The smallest absolute Gasteiger partial charge is 0.337 e. The van der Waals surface area contributed by atoms with E-state index in [9.17, 15) is 4.79 Å². The predicted molar refractivity (Wildman–Crippen MR) is 43.1 cm³/mol. The first-order valence-corrected chi connectivity index (χ1v) is 3.62. The van der Waals surface area contributed by atoms with Crippen molar-refractivity contribution in [3.8, 4) is 0 Å². The molecule has 0 amide bonds. The molecular formula is C8H6N2O3. The Morgan fingerprint density at radius 2 is 2.15 bits per heavy atom. The van der Waals surface area contributed by atoms with Crippen LogP contribution in [-0.4, -0.2) is 23.4 Å². The van der Waals surface area contributed by atoms with Gasteiger partial charge in [0.1, 0.15) is 11.0 Å². The highest BCUT2D eigenvalue weighted by molar-refractivity contribution is 5.93. The van der Waals surface area contributed by atoms with Crippen molar-refractivity contribution in [2.75, 3.05) is 7.11 Å². The Morgan fingerprint density at radius 3 is 2.92 bits per heavy atom. The monoisotopic (exact) mass is 178 g/mol. The first-order valence-electron chi connectivity index (χ1n) is 3.62. The van der Waals surface area contributed by atoms with E-state index in [1.54, 1.807) is 18.2 Å². The zero-order valence-corrected chi connectivity index (χ0v) is 6.85. The number of hydrogen-bond donors (Lipinski definition) is 0. The lowest BCUT2D eigenvalue weighted by molar-refractivity contribution is 0.0601. The van der Waals surface area contributed by atoms with Crippen molar-refractivity contribution in [1.82, 2.24) is 10.3 Å². The predicted octanol–water partition coefficient (Wildman–Crippen LogP) is 1.01. The summed E-state index contributed by atoms with van der Waals surface area (Å²) in [6.07, 6.45) is 0. The Labute approximate surface area is 73.3 Å². The van der Waals surface area contributed by atoms with E-state index in [-0.39, 0.29) is 0 Å². The zero-order chi connectivity index (χ0) is 9.26. The molecule has 0 unspecified atom stereocenters. The molecule has 0 saturated carbocycles. The van der Waals surface area contributed by atoms with Crippen molar-refractivity contribution in [3.05, 3.63) is 23.8 Å². The Morgan fingerprint density at radius 1 is 1.38 bits per heavy atom. The second-order valence-electron chi connectivity index (χ2n) is 2.46. The van der Waals surface area contributed by atoms with Gasteiger partial charge in [-0.15, -0.1) is 0 Å². The van der Waals surface area contributed by atoms with Crippen LogP contribution >= 0.6 is 0 Å². The molecule has 0 saturated heterocycles. The van der Waals surface area contributed by atoms with Crippen LogP contribution in [0.4, 0.5) is 0 Å². The highest BCUT2D eigenvalue weighted by Gasteiger charge is 2.07. The molecule has 66 valence electrons. The molecule has 0 aliphatic rings. The molecule has 1 heterocycles. The molecule has 5 heteroatoms. The van der Waals surface area contributed by atoms with Gasteiger partial charge in [0.05, 0.1) is 12.7 Å². The van der Waals surface area contributed by atoms with Gasteiger partial charge >= 0.3 is 5.97 Å². The van der Waals surface area contributed by atoms with Crippen LogP contribution < -0.4 is 0 Å². The first-order chi connectivity index (χ1) is 6.31. The quantitative estimate of drug-likeness (QED) is 0.609. The largest absolute Gasteiger partial charge is 0.465 e. The van der Waals surface area contributed by atoms with Crippen molar-refractivity contribution in [1.29, 1.82) is 0 Å². The molecule has 2 aromatic rings. The number of rotatable bonds is 1. The highest BCUT2D eigenvalue weighted by Crippen LogP contribution is 2.11. The number of methoxy groups -OCH3 is 1. The molecule has 1 aromatic carbocycles. The normalized spacial score (nSPS) is 10.2. The van der Waals surface area contributed by atoms with Gasteiger partial charge in [0.15, 0.2) is 0 Å². The number of esters is 1. The average Bonchev–Trinajstić information content (AvgIpc) is 2.63. The molecule has 0 spiro atoms. The van der Waals surface area contributed by atoms with Crippen LogP contribution in [0.5, 0.6) is 0 Å². The van der Waals surface area contributed by atoms with Crippen LogP contribution in [0, 0.1) is 0 Å². The summed E-state index contributed by atoms with van der Waals surface area (Å²) < 4.78 is 9.03. The van der Waals surface area contributed by atoms with E-state index >= 15 is 0 Å². The molecule has 2 rings (SSSR count). The highest BCUT2D eigenvalue weighted by atomic mass is 16.6. The van der Waals surface area contributed by atoms with Crippen molar-refractivity contribution < 1.29 is 14.2 Å². The summed E-state index contributed by atoms with van der Waals surface area (Å²) in [6, 6.07) is 4.83. The second-order valence-corrected chi connectivity index (χ2v) is 2.46. The van der Waals surface area contributed by atoms with Crippen molar-refractivity contribution in [2.45, 2.75) is 0 Å². The van der Waals surface area contributed by atoms with Gasteiger partial charge in [-0.1, -0.05) is 0 Å². The summed E-state index contributed by atoms with van der Waals surface area (Å²) in [6.45, 7) is 0. The summed E-state index contributed by atoms with van der Waals surface area (Å²) in [5.74, 6) is -0.398. The summed E-state index contributed by atoms with van der Waals surface area (Å²) in [5.41, 5.74) is 1.60. The maximum absolute atomic E-state index is 11.1. The number of ether oxygens (including phenoxy) is 1. The molecule has 13 heavy (non-hydrogen) atoms. The van der Waals surface area contributed by atoms with Crippen molar-refractivity contribution >= 4 is 17.0 Å². The van der Waals surface area contributed by atoms with E-state index < -0.39 is 5.97 Å². The summed E-state index contributed by atoms with van der Waals surface area (Å²) >= 11 is 0. The SMILES string of the molecule is COC(=O)c1ccc2nonc2c1. The number of carbonyl (C=O) groups excluding carboxylic acids is 1. The van der Waals surface area contributed by atoms with E-state index in [0.717, 1.165) is 0 Å². The third-order valence-electron chi connectivity index (χ3n) is 1.67. The number of carbonyl (C=O) groups is 1. The molecule has 0 bridgehead atoms. The maximum Gasteiger partial charge on any atom is 0.337 e. The van der Waals surface area contributed by atoms with Crippen LogP contribution in [0.1, 0.15) is 10.4 Å². The van der Waals surface area contributed by atoms with Gasteiger partial charge < -0.3 is 4.74 Å². The third kappa shape index (κ3) is 1.24. The van der Waals surface area contributed by atoms with Crippen LogP contribution in [-0.2, 0) is 4.74 Å². The van der Waals surface area contributed by atoms with Gasteiger partial charge in [-0.05, 0) is 28.5 Å². The van der Waals surface area contributed by atoms with E-state index in [1.165, 1.54) is 7.11 Å². The van der Waals surface area contributed by atoms with Gasteiger partial charge in [0.25, 0.3) is 0 Å². The van der Waals surface area contributed by atoms with Gasteiger partial charge in [0, 0.05) is 0 Å². The molecule has 0 radical (unpaired) electrons. The topological polar surface area (TPSA) is 65.2 Å². The fraction of sp³-hybridized carbons (Fsp3) is 0.125. The van der Waals surface area contributed by atoms with Crippen molar-refractivity contribution in [2.24, 2.45) is 0 Å². The first kappa shape index (κ1) is 7.72. The van der Waals surface area contributed by atoms with Gasteiger partial charge in [0.2, 0.25) is 0 Å². The van der Waals surface area contributed by atoms with Gasteiger partial charge in [-0.3, -0.25) is 0 Å². The fourth-order valence-corrected chi connectivity index (χ4v) is 1.03. The minimum Gasteiger partial charge on any atom is -0.465 e. The van der Waals surface area contributed by atoms with E-state index in [4.69, 9.17) is 0 Å². The molecule has 5 nitrogen and oxygen atoms in total. The molecule has 0 aliphatic carbocycles. The Hall–Kier alpha value is -1.91. The summed E-state index contributed by atoms with van der Waals surface area (Å²) in [7, 11) is 1.33. The van der Waals surface area contributed by atoms with Crippen LogP contribution in [0.2, 0.25) is 0 Å². The fourth-order valence-electron chi connectivity index (χ4n) is 1.03. The van der Waals surface area contributed by atoms with Crippen LogP contribution in [0.25, 0.3) is 11.0 Å². The van der Waals surface area contributed by atoms with Gasteiger partial charge in [-0.25, -0.2) is 9.42 Å². The minimum atomic E-state index is -0.398. The number of fused-ring (bicyclic) bond motifs is 1. The number of nitrogens with zero attached hydrogens (tertiary/aromatic N) is 2. The molecule has 0 N–H and O–H groups in total. The number of hydrogen-bond acceptors (Lipinski definition) is 5. The summed E-state index contributed by atoms with van der Waals surface area (Å²) in [4.78, 5) is 11.1. The number of aromatic nitrogens is 2. The van der Waals surface area contributed by atoms with Gasteiger partial charge in [-0.2, -0.15) is 0 Å². The molecule has 0 atom stereocenters. The Kier molecular flexibility index (Phi) is 1.70.